The second-order valence-electron chi connectivity index (χ2n) is 5.15. The molecule has 2 rings (SSSR count). The first-order valence-electron chi connectivity index (χ1n) is 7.09. The molecule has 0 aromatic heterocycles. The minimum atomic E-state index is -0.932. The van der Waals surface area contributed by atoms with E-state index in [4.69, 9.17) is 11.6 Å². The van der Waals surface area contributed by atoms with Crippen LogP contribution < -0.4 is 5.32 Å². The van der Waals surface area contributed by atoms with Crippen molar-refractivity contribution in [2.75, 3.05) is 6.54 Å². The molecule has 2 aromatic rings. The summed E-state index contributed by atoms with van der Waals surface area (Å²) in [4.78, 5) is 11.8. The number of carbonyl (C=O) groups is 1. The maximum absolute atomic E-state index is 13.0. The molecule has 0 bridgehead atoms. The molecule has 1 atom stereocenters. The van der Waals surface area contributed by atoms with Crippen molar-refractivity contribution in [2.45, 2.75) is 18.9 Å². The molecule has 0 fully saturated rings. The van der Waals surface area contributed by atoms with Crippen molar-refractivity contribution in [3.8, 4) is 0 Å². The Morgan fingerprint density at radius 1 is 1.13 bits per heavy atom. The van der Waals surface area contributed by atoms with E-state index in [1.165, 1.54) is 12.1 Å². The fourth-order valence-corrected chi connectivity index (χ4v) is 2.28. The van der Waals surface area contributed by atoms with Gasteiger partial charge in [-0.1, -0.05) is 23.7 Å². The van der Waals surface area contributed by atoms with E-state index in [0.717, 1.165) is 6.07 Å². The van der Waals surface area contributed by atoms with Crippen molar-refractivity contribution < 1.29 is 18.7 Å². The van der Waals surface area contributed by atoms with Crippen molar-refractivity contribution in [3.63, 3.8) is 0 Å². The van der Waals surface area contributed by atoms with Crippen molar-refractivity contribution in [3.05, 3.63) is 70.2 Å². The molecule has 0 saturated carbocycles. The van der Waals surface area contributed by atoms with E-state index in [-0.39, 0.29) is 18.9 Å². The van der Waals surface area contributed by atoms with Gasteiger partial charge in [0.05, 0.1) is 12.5 Å². The summed E-state index contributed by atoms with van der Waals surface area (Å²) < 4.78 is 26.1. The summed E-state index contributed by atoms with van der Waals surface area (Å²) in [5, 5.41) is 13.1. The third kappa shape index (κ3) is 5.62. The van der Waals surface area contributed by atoms with Crippen molar-refractivity contribution in [2.24, 2.45) is 0 Å². The molecule has 23 heavy (non-hydrogen) atoms. The quantitative estimate of drug-likeness (QED) is 0.847. The summed E-state index contributed by atoms with van der Waals surface area (Å²) in [6.45, 7) is 0.231. The average Bonchev–Trinajstić information content (AvgIpc) is 2.46. The van der Waals surface area contributed by atoms with Gasteiger partial charge in [-0.25, -0.2) is 8.78 Å². The minimum absolute atomic E-state index is 0.0981. The molecule has 1 unspecified atom stereocenters. The van der Waals surface area contributed by atoms with Crippen LogP contribution in [-0.2, 0) is 11.2 Å². The lowest BCUT2D eigenvalue weighted by Gasteiger charge is -2.11. The van der Waals surface area contributed by atoms with Crippen LogP contribution in [0.15, 0.2) is 42.5 Å². The Morgan fingerprint density at radius 3 is 2.35 bits per heavy atom. The van der Waals surface area contributed by atoms with Crippen LogP contribution in [0.1, 0.15) is 23.7 Å². The van der Waals surface area contributed by atoms with Gasteiger partial charge in [0, 0.05) is 17.6 Å². The third-order valence-corrected chi connectivity index (χ3v) is 3.54. The van der Waals surface area contributed by atoms with E-state index < -0.39 is 17.7 Å². The number of halogens is 3. The smallest absolute Gasteiger partial charge is 0.222 e. The van der Waals surface area contributed by atoms with Crippen LogP contribution in [0.3, 0.4) is 0 Å². The fourth-order valence-electron chi connectivity index (χ4n) is 2.15. The molecule has 0 saturated heterocycles. The Hall–Kier alpha value is -1.98. The molecule has 0 radical (unpaired) electrons. The number of hydrogen-bond donors (Lipinski definition) is 2. The van der Waals surface area contributed by atoms with Gasteiger partial charge in [0.1, 0.15) is 11.6 Å². The number of aliphatic hydroxyl groups excluding tert-OH is 1. The van der Waals surface area contributed by atoms with Crippen molar-refractivity contribution >= 4 is 17.5 Å². The number of hydrogen-bond acceptors (Lipinski definition) is 2. The van der Waals surface area contributed by atoms with E-state index in [2.05, 4.69) is 5.32 Å². The highest BCUT2D eigenvalue weighted by Gasteiger charge is 2.12. The molecule has 0 aliphatic carbocycles. The van der Waals surface area contributed by atoms with E-state index in [1.54, 1.807) is 24.3 Å². The summed E-state index contributed by atoms with van der Waals surface area (Å²) in [7, 11) is 0. The Balaban J connectivity index is 1.79. The molecular weight excluding hydrogens is 324 g/mol. The molecule has 0 aliphatic rings. The summed E-state index contributed by atoms with van der Waals surface area (Å²) >= 11 is 5.76. The summed E-state index contributed by atoms with van der Waals surface area (Å²) in [6, 6.07) is 9.80. The minimum Gasteiger partial charge on any atom is -0.388 e. The van der Waals surface area contributed by atoms with Gasteiger partial charge >= 0.3 is 0 Å². The maximum atomic E-state index is 13.0. The van der Waals surface area contributed by atoms with Crippen LogP contribution in [0, 0.1) is 11.6 Å². The first-order chi connectivity index (χ1) is 10.9. The van der Waals surface area contributed by atoms with Gasteiger partial charge in [-0.3, -0.25) is 4.79 Å². The van der Waals surface area contributed by atoms with Crippen LogP contribution in [0.25, 0.3) is 0 Å². The Bertz CT molecular complexity index is 657. The van der Waals surface area contributed by atoms with Crippen LogP contribution in [0.2, 0.25) is 5.02 Å². The lowest BCUT2D eigenvalue weighted by molar-refractivity contribution is -0.123. The highest BCUT2D eigenvalue weighted by atomic mass is 35.5. The zero-order valence-corrected chi connectivity index (χ0v) is 13.0. The van der Waals surface area contributed by atoms with Crippen molar-refractivity contribution in [1.82, 2.24) is 5.32 Å². The van der Waals surface area contributed by atoms with Gasteiger partial charge in [-0.15, -0.1) is 0 Å². The molecule has 0 heterocycles. The molecule has 0 aliphatic heterocycles. The number of rotatable bonds is 6. The molecule has 122 valence electrons. The van der Waals surface area contributed by atoms with Gasteiger partial charge in [0.15, 0.2) is 0 Å². The topological polar surface area (TPSA) is 49.3 Å². The molecule has 3 nitrogen and oxygen atoms in total. The first kappa shape index (κ1) is 17.4. The lowest BCUT2D eigenvalue weighted by Crippen LogP contribution is -2.27. The Kier molecular flexibility index (Phi) is 6.07. The molecule has 6 heteroatoms. The molecule has 1 amide bonds. The zero-order valence-electron chi connectivity index (χ0n) is 12.2. The summed E-state index contributed by atoms with van der Waals surface area (Å²) in [5.74, 6) is -1.64. The zero-order chi connectivity index (χ0) is 16.8. The van der Waals surface area contributed by atoms with Crippen LogP contribution in [0.5, 0.6) is 0 Å². The number of amides is 1. The van der Waals surface area contributed by atoms with Gasteiger partial charge < -0.3 is 10.4 Å². The highest BCUT2D eigenvalue weighted by molar-refractivity contribution is 6.30. The van der Waals surface area contributed by atoms with Gasteiger partial charge in [-0.05, 0) is 41.8 Å². The number of benzene rings is 2. The van der Waals surface area contributed by atoms with E-state index in [9.17, 15) is 18.7 Å². The SMILES string of the molecule is O=C(CC(O)c1ccc(Cl)cc1)NCCc1cc(F)cc(F)c1. The summed E-state index contributed by atoms with van der Waals surface area (Å²) in [6.07, 6.45) is -0.727. The normalized spacial score (nSPS) is 12.0. The molecular formula is C17H16ClF2NO2. The monoisotopic (exact) mass is 339 g/mol. The average molecular weight is 340 g/mol. The summed E-state index contributed by atoms with van der Waals surface area (Å²) in [5.41, 5.74) is 1.05. The number of carbonyl (C=O) groups excluding carboxylic acids is 1. The second kappa shape index (κ2) is 8.04. The lowest BCUT2D eigenvalue weighted by atomic mass is 10.1. The molecule has 0 spiro atoms. The van der Waals surface area contributed by atoms with Crippen LogP contribution in [-0.4, -0.2) is 17.6 Å². The largest absolute Gasteiger partial charge is 0.388 e. The fraction of sp³-hybridized carbons (Fsp3) is 0.235. The second-order valence-corrected chi connectivity index (χ2v) is 5.59. The number of aliphatic hydroxyl groups is 1. The van der Waals surface area contributed by atoms with Gasteiger partial charge in [-0.2, -0.15) is 0 Å². The molecule has 2 N–H and O–H groups in total. The Labute approximate surface area is 137 Å². The van der Waals surface area contributed by atoms with E-state index in [1.807, 2.05) is 0 Å². The maximum Gasteiger partial charge on any atom is 0.222 e. The highest BCUT2D eigenvalue weighted by Crippen LogP contribution is 2.19. The van der Waals surface area contributed by atoms with Crippen LogP contribution in [0.4, 0.5) is 8.78 Å². The standard InChI is InChI=1S/C17H16ClF2NO2/c18-13-3-1-12(2-4-13)16(22)10-17(23)21-6-5-11-7-14(19)9-15(20)8-11/h1-4,7-9,16,22H,5-6,10H2,(H,21,23). The Morgan fingerprint density at radius 2 is 1.74 bits per heavy atom. The van der Waals surface area contributed by atoms with E-state index >= 15 is 0 Å². The molecule has 2 aromatic carbocycles. The predicted octanol–water partition coefficient (Wildman–Crippen LogP) is 3.40. The first-order valence-corrected chi connectivity index (χ1v) is 7.47. The predicted molar refractivity (Wildman–Crippen MR) is 84.1 cm³/mol. The third-order valence-electron chi connectivity index (χ3n) is 3.29. The van der Waals surface area contributed by atoms with Crippen molar-refractivity contribution in [1.29, 1.82) is 0 Å². The van der Waals surface area contributed by atoms with E-state index in [0.29, 0.717) is 22.6 Å². The number of nitrogens with one attached hydrogen (secondary N) is 1. The van der Waals surface area contributed by atoms with Gasteiger partial charge in [0.2, 0.25) is 5.91 Å². The van der Waals surface area contributed by atoms with Gasteiger partial charge in [0.25, 0.3) is 0 Å². The van der Waals surface area contributed by atoms with Crippen LogP contribution >= 0.6 is 11.6 Å².